The van der Waals surface area contributed by atoms with Gasteiger partial charge in [-0.25, -0.2) is 0 Å². The Labute approximate surface area is 152 Å². The lowest BCUT2D eigenvalue weighted by Gasteiger charge is -2.38. The minimum atomic E-state index is -4.55. The molecular formula is C19H27F3N2O2. The van der Waals surface area contributed by atoms with Crippen LogP contribution in [0.1, 0.15) is 42.6 Å². The summed E-state index contributed by atoms with van der Waals surface area (Å²) in [6.07, 6.45) is -2.64. The van der Waals surface area contributed by atoms with E-state index in [0.29, 0.717) is 25.7 Å². The molecule has 0 aliphatic carbocycles. The van der Waals surface area contributed by atoms with Crippen molar-refractivity contribution < 1.29 is 22.7 Å². The zero-order valence-electron chi connectivity index (χ0n) is 15.3. The summed E-state index contributed by atoms with van der Waals surface area (Å²) in [6, 6.07) is 5.00. The third kappa shape index (κ3) is 5.20. The SMILES string of the molecule is CCC(CC)C(CNC(=O)c1ccccc1C(F)(F)F)N1CCOCC1. The van der Waals surface area contributed by atoms with Crippen LogP contribution in [0.25, 0.3) is 0 Å². The van der Waals surface area contributed by atoms with Crippen LogP contribution in [0.3, 0.4) is 0 Å². The lowest BCUT2D eigenvalue weighted by atomic mass is 9.92. The number of carbonyl (C=O) groups excluding carboxylic acids is 1. The molecule has 1 fully saturated rings. The molecule has 7 heteroatoms. The second kappa shape index (κ2) is 9.37. The van der Waals surface area contributed by atoms with Crippen LogP contribution in [-0.2, 0) is 10.9 Å². The van der Waals surface area contributed by atoms with Crippen molar-refractivity contribution in [3.05, 3.63) is 35.4 Å². The van der Waals surface area contributed by atoms with E-state index in [-0.39, 0.29) is 11.6 Å². The van der Waals surface area contributed by atoms with Gasteiger partial charge < -0.3 is 10.1 Å². The molecule has 1 aliphatic rings. The van der Waals surface area contributed by atoms with E-state index in [9.17, 15) is 18.0 Å². The summed E-state index contributed by atoms with van der Waals surface area (Å²) in [7, 11) is 0. The number of halogens is 3. The van der Waals surface area contributed by atoms with Gasteiger partial charge in [0.1, 0.15) is 0 Å². The molecule has 0 radical (unpaired) electrons. The molecular weight excluding hydrogens is 345 g/mol. The highest BCUT2D eigenvalue weighted by atomic mass is 19.4. The van der Waals surface area contributed by atoms with E-state index in [1.54, 1.807) is 0 Å². The first-order valence-electron chi connectivity index (χ1n) is 9.14. The van der Waals surface area contributed by atoms with Crippen molar-refractivity contribution in [2.45, 2.75) is 38.9 Å². The summed E-state index contributed by atoms with van der Waals surface area (Å²) in [4.78, 5) is 14.7. The number of nitrogens with one attached hydrogen (secondary N) is 1. The Hall–Kier alpha value is -1.60. The van der Waals surface area contributed by atoms with Gasteiger partial charge >= 0.3 is 6.18 Å². The van der Waals surface area contributed by atoms with Crippen LogP contribution < -0.4 is 5.32 Å². The molecule has 1 saturated heterocycles. The molecule has 26 heavy (non-hydrogen) atoms. The van der Waals surface area contributed by atoms with E-state index in [1.807, 2.05) is 0 Å². The van der Waals surface area contributed by atoms with Gasteiger partial charge in [0.25, 0.3) is 5.91 Å². The Kier molecular flexibility index (Phi) is 7.46. The summed E-state index contributed by atoms with van der Waals surface area (Å²) in [5.74, 6) is -0.312. The maximum atomic E-state index is 13.1. The summed E-state index contributed by atoms with van der Waals surface area (Å²) in [6.45, 7) is 7.36. The van der Waals surface area contributed by atoms with Crippen molar-refractivity contribution in [2.75, 3.05) is 32.8 Å². The number of hydrogen-bond donors (Lipinski definition) is 1. The van der Waals surface area contributed by atoms with Crippen LogP contribution in [0, 0.1) is 5.92 Å². The quantitative estimate of drug-likeness (QED) is 0.796. The Bertz CT molecular complexity index is 582. The highest BCUT2D eigenvalue weighted by Crippen LogP contribution is 2.31. The van der Waals surface area contributed by atoms with Crippen molar-refractivity contribution in [3.63, 3.8) is 0 Å². The molecule has 1 aromatic rings. The Morgan fingerprint density at radius 1 is 1.19 bits per heavy atom. The Morgan fingerprint density at radius 3 is 2.38 bits per heavy atom. The summed E-state index contributed by atoms with van der Waals surface area (Å²) in [5.41, 5.74) is -1.23. The van der Waals surface area contributed by atoms with Crippen LogP contribution in [-0.4, -0.2) is 49.7 Å². The first-order valence-corrected chi connectivity index (χ1v) is 9.14. The number of hydrogen-bond acceptors (Lipinski definition) is 3. The molecule has 1 amide bonds. The van der Waals surface area contributed by atoms with Gasteiger partial charge in [0.2, 0.25) is 0 Å². The number of alkyl halides is 3. The number of morpholine rings is 1. The van der Waals surface area contributed by atoms with Crippen LogP contribution in [0.5, 0.6) is 0 Å². The third-order valence-electron chi connectivity index (χ3n) is 5.06. The van der Waals surface area contributed by atoms with Crippen molar-refractivity contribution in [1.29, 1.82) is 0 Å². The van der Waals surface area contributed by atoms with Gasteiger partial charge in [-0.15, -0.1) is 0 Å². The lowest BCUT2D eigenvalue weighted by Crippen LogP contribution is -2.52. The van der Waals surface area contributed by atoms with E-state index in [4.69, 9.17) is 4.74 Å². The van der Waals surface area contributed by atoms with Crippen LogP contribution >= 0.6 is 0 Å². The van der Waals surface area contributed by atoms with E-state index in [1.165, 1.54) is 18.2 Å². The minimum absolute atomic E-state index is 0.0934. The number of rotatable bonds is 7. The maximum Gasteiger partial charge on any atom is 0.417 e. The van der Waals surface area contributed by atoms with Gasteiger partial charge in [0.05, 0.1) is 24.3 Å². The molecule has 146 valence electrons. The van der Waals surface area contributed by atoms with Gasteiger partial charge in [-0.3, -0.25) is 9.69 Å². The van der Waals surface area contributed by atoms with Crippen molar-refractivity contribution in [2.24, 2.45) is 5.92 Å². The largest absolute Gasteiger partial charge is 0.417 e. The van der Waals surface area contributed by atoms with Gasteiger partial charge in [-0.05, 0) is 18.1 Å². The number of carbonyl (C=O) groups is 1. The molecule has 4 nitrogen and oxygen atoms in total. The molecule has 2 rings (SSSR count). The van der Waals surface area contributed by atoms with Crippen molar-refractivity contribution in [1.82, 2.24) is 10.2 Å². The van der Waals surface area contributed by atoms with Crippen LogP contribution in [0.15, 0.2) is 24.3 Å². The van der Waals surface area contributed by atoms with Crippen molar-refractivity contribution in [3.8, 4) is 0 Å². The number of amides is 1. The molecule has 1 aliphatic heterocycles. The monoisotopic (exact) mass is 372 g/mol. The van der Waals surface area contributed by atoms with E-state index in [0.717, 1.165) is 32.0 Å². The molecule has 0 aromatic heterocycles. The molecule has 1 heterocycles. The number of ether oxygens (including phenoxy) is 1. The molecule has 0 bridgehead atoms. The summed E-state index contributed by atoms with van der Waals surface area (Å²) >= 11 is 0. The van der Waals surface area contributed by atoms with Gasteiger partial charge in [0, 0.05) is 25.7 Å². The maximum absolute atomic E-state index is 13.1. The minimum Gasteiger partial charge on any atom is -0.379 e. The molecule has 1 atom stereocenters. The summed E-state index contributed by atoms with van der Waals surface area (Å²) in [5, 5.41) is 2.74. The van der Waals surface area contributed by atoms with E-state index in [2.05, 4.69) is 24.1 Å². The smallest absolute Gasteiger partial charge is 0.379 e. The third-order valence-corrected chi connectivity index (χ3v) is 5.06. The fourth-order valence-electron chi connectivity index (χ4n) is 3.56. The number of nitrogens with zero attached hydrogens (tertiary/aromatic N) is 1. The van der Waals surface area contributed by atoms with Gasteiger partial charge in [0.15, 0.2) is 0 Å². The standard InChI is InChI=1S/C19H27F3N2O2/c1-3-14(4-2)17(24-9-11-26-12-10-24)13-23-18(25)15-7-5-6-8-16(15)19(20,21)22/h5-8,14,17H,3-4,9-13H2,1-2H3,(H,23,25). The van der Waals surface area contributed by atoms with Gasteiger partial charge in [-0.2, -0.15) is 13.2 Å². The first-order chi connectivity index (χ1) is 12.4. The van der Waals surface area contributed by atoms with Crippen LogP contribution in [0.4, 0.5) is 13.2 Å². The zero-order chi connectivity index (χ0) is 19.2. The summed E-state index contributed by atoms with van der Waals surface area (Å²) < 4.78 is 44.8. The Balaban J connectivity index is 2.12. The zero-order valence-corrected chi connectivity index (χ0v) is 15.3. The normalized spacial score (nSPS) is 17.3. The van der Waals surface area contributed by atoms with Crippen LogP contribution in [0.2, 0.25) is 0 Å². The highest BCUT2D eigenvalue weighted by Gasteiger charge is 2.35. The second-order valence-corrected chi connectivity index (χ2v) is 6.55. The number of benzene rings is 1. The molecule has 1 unspecified atom stereocenters. The predicted octanol–water partition coefficient (Wildman–Crippen LogP) is 3.57. The first kappa shape index (κ1) is 20.7. The van der Waals surface area contributed by atoms with Gasteiger partial charge in [-0.1, -0.05) is 38.8 Å². The second-order valence-electron chi connectivity index (χ2n) is 6.55. The predicted molar refractivity (Wildman–Crippen MR) is 94.0 cm³/mol. The van der Waals surface area contributed by atoms with Crippen molar-refractivity contribution >= 4 is 5.91 Å². The molecule has 0 spiro atoms. The fourth-order valence-corrected chi connectivity index (χ4v) is 3.56. The molecule has 0 saturated carbocycles. The molecule has 1 N–H and O–H groups in total. The van der Waals surface area contributed by atoms with E-state index < -0.39 is 17.6 Å². The Morgan fingerprint density at radius 2 is 1.81 bits per heavy atom. The topological polar surface area (TPSA) is 41.6 Å². The average molecular weight is 372 g/mol. The lowest BCUT2D eigenvalue weighted by molar-refractivity contribution is -0.137. The average Bonchev–Trinajstić information content (AvgIpc) is 2.65. The fraction of sp³-hybridized carbons (Fsp3) is 0.632. The molecule has 1 aromatic carbocycles. The highest BCUT2D eigenvalue weighted by molar-refractivity contribution is 5.95. The van der Waals surface area contributed by atoms with E-state index >= 15 is 0 Å².